The average molecular weight is 490 g/mol. The first kappa shape index (κ1) is 22.8. The molecule has 0 bridgehead atoms. The number of rotatable bonds is 6. The molecule has 5 rings (SSSR count). The smallest absolute Gasteiger partial charge is 0.326 e. The number of benzene rings is 2. The van der Waals surface area contributed by atoms with Gasteiger partial charge in [0.15, 0.2) is 6.61 Å². The fourth-order valence-corrected chi connectivity index (χ4v) is 5.15. The lowest BCUT2D eigenvalue weighted by molar-refractivity contribution is -0.153. The molecule has 0 saturated carbocycles. The predicted octanol–water partition coefficient (Wildman–Crippen LogP) is 3.26. The molecule has 0 spiro atoms. The van der Waals surface area contributed by atoms with Gasteiger partial charge in [-0.2, -0.15) is 0 Å². The molecule has 2 aromatic carbocycles. The number of thiophene rings is 1. The van der Waals surface area contributed by atoms with Gasteiger partial charge in [0.2, 0.25) is 0 Å². The molecule has 0 saturated heterocycles. The van der Waals surface area contributed by atoms with Gasteiger partial charge in [-0.3, -0.25) is 19.0 Å². The second-order valence-electron chi connectivity index (χ2n) is 8.23. The Hall–Kier alpha value is -3.98. The molecule has 1 amide bonds. The van der Waals surface area contributed by atoms with Crippen LogP contribution in [0.25, 0.3) is 20.7 Å². The van der Waals surface area contributed by atoms with Gasteiger partial charge >= 0.3 is 5.97 Å². The van der Waals surface area contributed by atoms with Crippen LogP contribution in [0.3, 0.4) is 0 Å². The van der Waals surface area contributed by atoms with Crippen LogP contribution in [0.5, 0.6) is 5.75 Å². The molecular weight excluding hydrogens is 466 g/mol. The minimum Gasteiger partial charge on any atom is -0.497 e. The SMILES string of the molecule is COc1ccc(-c2cc3ncn(CC(=O)OCC(=O)N4CCc5ccccc5C4)c(=O)c3s2)cc1. The highest BCUT2D eigenvalue weighted by atomic mass is 32.1. The molecular formula is C26H23N3O5S. The molecule has 1 aliphatic rings. The normalized spacial score (nSPS) is 12.9. The second-order valence-corrected chi connectivity index (χ2v) is 9.28. The summed E-state index contributed by atoms with van der Waals surface area (Å²) in [5.74, 6) is -0.167. The van der Waals surface area contributed by atoms with E-state index in [-0.39, 0.29) is 24.6 Å². The lowest BCUT2D eigenvalue weighted by Gasteiger charge is -2.28. The van der Waals surface area contributed by atoms with Gasteiger partial charge in [-0.25, -0.2) is 4.98 Å². The summed E-state index contributed by atoms with van der Waals surface area (Å²) in [7, 11) is 1.61. The summed E-state index contributed by atoms with van der Waals surface area (Å²) in [4.78, 5) is 44.8. The fourth-order valence-electron chi connectivity index (χ4n) is 4.08. The van der Waals surface area contributed by atoms with Crippen LogP contribution in [0.1, 0.15) is 11.1 Å². The third kappa shape index (κ3) is 4.81. The number of carbonyl (C=O) groups is 2. The second kappa shape index (κ2) is 9.71. The third-order valence-corrected chi connectivity index (χ3v) is 7.18. The predicted molar refractivity (Wildman–Crippen MR) is 132 cm³/mol. The van der Waals surface area contributed by atoms with Gasteiger partial charge in [-0.15, -0.1) is 11.3 Å². The largest absolute Gasteiger partial charge is 0.497 e. The quantitative estimate of drug-likeness (QED) is 0.386. The molecule has 0 unspecified atom stereocenters. The number of hydrogen-bond donors (Lipinski definition) is 0. The van der Waals surface area contributed by atoms with Crippen molar-refractivity contribution in [2.45, 2.75) is 19.5 Å². The zero-order valence-corrected chi connectivity index (χ0v) is 19.9. The molecule has 9 heteroatoms. The lowest BCUT2D eigenvalue weighted by Crippen LogP contribution is -2.39. The standard InChI is InChI=1S/C26H23N3O5S/c1-33-20-8-6-18(7-9-20)22-12-21-25(35-22)26(32)29(16-27-21)14-24(31)34-15-23(30)28-11-10-17-4-2-3-5-19(17)13-28/h2-9,12,16H,10-11,13-15H2,1H3. The van der Waals surface area contributed by atoms with Crippen LogP contribution < -0.4 is 10.3 Å². The highest BCUT2D eigenvalue weighted by Crippen LogP contribution is 2.31. The van der Waals surface area contributed by atoms with Crippen LogP contribution in [-0.2, 0) is 33.8 Å². The molecule has 4 aromatic rings. The number of methoxy groups -OCH3 is 1. The van der Waals surface area contributed by atoms with Crippen molar-refractivity contribution in [3.05, 3.63) is 82.4 Å². The number of carbonyl (C=O) groups excluding carboxylic acids is 2. The molecule has 3 heterocycles. The van der Waals surface area contributed by atoms with Crippen molar-refractivity contribution in [1.29, 1.82) is 0 Å². The highest BCUT2D eigenvalue weighted by molar-refractivity contribution is 7.22. The maximum Gasteiger partial charge on any atom is 0.326 e. The number of amides is 1. The van der Waals surface area contributed by atoms with E-state index in [4.69, 9.17) is 9.47 Å². The summed E-state index contributed by atoms with van der Waals surface area (Å²) in [6.07, 6.45) is 2.11. The van der Waals surface area contributed by atoms with E-state index in [2.05, 4.69) is 11.1 Å². The van der Waals surface area contributed by atoms with E-state index in [9.17, 15) is 14.4 Å². The Balaban J connectivity index is 1.23. The van der Waals surface area contributed by atoms with Crippen LogP contribution in [0.4, 0.5) is 0 Å². The number of ether oxygens (including phenoxy) is 2. The maximum atomic E-state index is 12.9. The van der Waals surface area contributed by atoms with Crippen molar-refractivity contribution in [3.8, 4) is 16.2 Å². The first-order valence-corrected chi connectivity index (χ1v) is 12.0. The first-order chi connectivity index (χ1) is 17.0. The van der Waals surface area contributed by atoms with Crippen molar-refractivity contribution in [1.82, 2.24) is 14.5 Å². The van der Waals surface area contributed by atoms with E-state index in [0.717, 1.165) is 28.2 Å². The van der Waals surface area contributed by atoms with Crippen LogP contribution in [0.2, 0.25) is 0 Å². The van der Waals surface area contributed by atoms with Crippen molar-refractivity contribution in [2.24, 2.45) is 0 Å². The Morgan fingerprint density at radius 3 is 2.63 bits per heavy atom. The zero-order chi connectivity index (χ0) is 24.4. The third-order valence-electron chi connectivity index (χ3n) is 6.02. The summed E-state index contributed by atoms with van der Waals surface area (Å²) in [6, 6.07) is 17.4. The van der Waals surface area contributed by atoms with E-state index >= 15 is 0 Å². The molecule has 1 aliphatic heterocycles. The van der Waals surface area contributed by atoms with Crippen LogP contribution in [0, 0.1) is 0 Å². The highest BCUT2D eigenvalue weighted by Gasteiger charge is 2.21. The van der Waals surface area contributed by atoms with E-state index in [1.807, 2.05) is 48.5 Å². The van der Waals surface area contributed by atoms with Crippen molar-refractivity contribution >= 4 is 33.4 Å². The Morgan fingerprint density at radius 1 is 1.09 bits per heavy atom. The van der Waals surface area contributed by atoms with Crippen molar-refractivity contribution < 1.29 is 19.1 Å². The first-order valence-electron chi connectivity index (χ1n) is 11.2. The van der Waals surface area contributed by atoms with E-state index in [1.54, 1.807) is 12.0 Å². The number of hydrogen-bond acceptors (Lipinski definition) is 7. The minimum atomic E-state index is -0.661. The number of aromatic nitrogens is 2. The fraction of sp³-hybridized carbons (Fsp3) is 0.231. The Kier molecular flexibility index (Phi) is 6.33. The zero-order valence-electron chi connectivity index (χ0n) is 19.1. The number of nitrogens with zero attached hydrogens (tertiary/aromatic N) is 3. The van der Waals surface area contributed by atoms with Gasteiger partial charge < -0.3 is 14.4 Å². The average Bonchev–Trinajstić information content (AvgIpc) is 3.34. The molecule has 0 radical (unpaired) electrons. The molecule has 178 valence electrons. The molecule has 0 N–H and O–H groups in total. The van der Waals surface area contributed by atoms with Gasteiger partial charge in [-0.05, 0) is 53.4 Å². The molecule has 0 fully saturated rings. The molecule has 8 nitrogen and oxygen atoms in total. The summed E-state index contributed by atoms with van der Waals surface area (Å²) < 4.78 is 12.0. The molecule has 2 aromatic heterocycles. The molecule has 0 atom stereocenters. The topological polar surface area (TPSA) is 90.7 Å². The lowest BCUT2D eigenvalue weighted by atomic mass is 10.00. The van der Waals surface area contributed by atoms with Crippen LogP contribution >= 0.6 is 11.3 Å². The van der Waals surface area contributed by atoms with Gasteiger partial charge in [0, 0.05) is 18.0 Å². The molecule has 35 heavy (non-hydrogen) atoms. The maximum absolute atomic E-state index is 12.9. The van der Waals surface area contributed by atoms with Crippen molar-refractivity contribution in [3.63, 3.8) is 0 Å². The Morgan fingerprint density at radius 2 is 1.86 bits per heavy atom. The summed E-state index contributed by atoms with van der Waals surface area (Å²) in [5.41, 5.74) is 3.53. The van der Waals surface area contributed by atoms with Gasteiger partial charge in [0.1, 0.15) is 17.0 Å². The number of esters is 1. The van der Waals surface area contributed by atoms with Gasteiger partial charge in [-0.1, -0.05) is 24.3 Å². The summed E-state index contributed by atoms with van der Waals surface area (Å²) in [5, 5.41) is 0. The Labute approximate surface area is 205 Å². The monoisotopic (exact) mass is 489 g/mol. The minimum absolute atomic E-state index is 0.254. The van der Waals surface area contributed by atoms with Gasteiger partial charge in [0.25, 0.3) is 11.5 Å². The van der Waals surface area contributed by atoms with Crippen LogP contribution in [0.15, 0.2) is 65.7 Å². The van der Waals surface area contributed by atoms with E-state index in [1.165, 1.54) is 27.8 Å². The summed E-state index contributed by atoms with van der Waals surface area (Å²) >= 11 is 1.31. The van der Waals surface area contributed by atoms with Gasteiger partial charge in [0.05, 0.1) is 19.0 Å². The van der Waals surface area contributed by atoms with Crippen molar-refractivity contribution in [2.75, 3.05) is 20.3 Å². The number of fused-ring (bicyclic) bond motifs is 2. The van der Waals surface area contributed by atoms with Crippen LogP contribution in [-0.4, -0.2) is 46.6 Å². The van der Waals surface area contributed by atoms with E-state index < -0.39 is 5.97 Å². The molecule has 0 aliphatic carbocycles. The summed E-state index contributed by atoms with van der Waals surface area (Å²) in [6.45, 7) is 0.420. The Bertz CT molecular complexity index is 1460. The van der Waals surface area contributed by atoms with E-state index in [0.29, 0.717) is 23.3 Å².